The van der Waals surface area contributed by atoms with E-state index in [0.29, 0.717) is 20.3 Å². The predicted octanol–water partition coefficient (Wildman–Crippen LogP) is -3.06. The van der Waals surface area contributed by atoms with Gasteiger partial charge in [-0.3, -0.25) is 18.9 Å². The van der Waals surface area contributed by atoms with Crippen LogP contribution in [0.1, 0.15) is 6.23 Å². The zero-order valence-corrected chi connectivity index (χ0v) is 18.8. The molecule has 0 aliphatic heterocycles. The zero-order chi connectivity index (χ0) is 25.2. The maximum Gasteiger partial charge on any atom is 0.490 e. The van der Waals surface area contributed by atoms with Gasteiger partial charge in [0.15, 0.2) is 6.23 Å². The molecule has 0 fully saturated rings. The fourth-order valence-corrected chi connectivity index (χ4v) is 5.41. The maximum atomic E-state index is 15.3. The van der Waals surface area contributed by atoms with Gasteiger partial charge in [-0.25, -0.2) is 27.3 Å². The molecule has 16 nitrogen and oxygen atoms in total. The molecule has 0 saturated carbocycles. The summed E-state index contributed by atoms with van der Waals surface area (Å²) in [6, 6.07) is 0.753. The van der Waals surface area contributed by atoms with Crippen molar-refractivity contribution in [3.63, 3.8) is 0 Å². The van der Waals surface area contributed by atoms with Crippen molar-refractivity contribution in [1.29, 1.82) is 0 Å². The fourth-order valence-electron chi connectivity index (χ4n) is 2.05. The Balaban J connectivity index is 3.19. The summed E-state index contributed by atoms with van der Waals surface area (Å²) in [6.07, 6.45) is -1.43. The lowest BCUT2D eigenvalue weighted by Crippen LogP contribution is -2.59. The van der Waals surface area contributed by atoms with Gasteiger partial charge in [-0.15, -0.1) is 0 Å². The lowest BCUT2D eigenvalue weighted by molar-refractivity contribution is -0.258. The molecule has 182 valence electrons. The number of aromatic nitrogens is 2. The Morgan fingerprint density at radius 3 is 2.12 bits per heavy atom. The van der Waals surface area contributed by atoms with Gasteiger partial charge in [-0.1, -0.05) is 0 Å². The monoisotopic (exact) mass is 530 g/mol. The van der Waals surface area contributed by atoms with Crippen LogP contribution in [0, 0.1) is 0 Å². The van der Waals surface area contributed by atoms with Crippen LogP contribution in [0.5, 0.6) is 0 Å². The highest BCUT2D eigenvalue weighted by molar-refractivity contribution is 7.66. The number of hydrogen-bond acceptors (Lipinski definition) is 10. The number of rotatable bonds is 12. The van der Waals surface area contributed by atoms with E-state index < -0.39 is 65.5 Å². The minimum atomic E-state index is -5.94. The van der Waals surface area contributed by atoms with Crippen molar-refractivity contribution < 1.29 is 65.0 Å². The lowest BCUT2D eigenvalue weighted by Gasteiger charge is -2.41. The highest BCUT2D eigenvalue weighted by atomic mass is 31.3. The Kier molecular flexibility index (Phi) is 9.16. The van der Waals surface area contributed by atoms with Gasteiger partial charge in [0.25, 0.3) is 5.56 Å². The van der Waals surface area contributed by atoms with Crippen molar-refractivity contribution in [2.24, 2.45) is 0 Å². The topological polar surface area (TPSA) is 244 Å². The smallest absolute Gasteiger partial charge is 0.390 e. The quantitative estimate of drug-likeness (QED) is 0.116. The number of ether oxygens (including phenoxy) is 1. The Morgan fingerprint density at radius 1 is 1.12 bits per heavy atom. The van der Waals surface area contributed by atoms with E-state index in [0.717, 1.165) is 12.3 Å². The molecule has 4 atom stereocenters. The Hall–Kier alpha value is -1.00. The predicted molar refractivity (Wildman–Crippen MR) is 103 cm³/mol. The number of halogens is 2. The number of phosphoric ester groups is 1. The number of H-pyrrole nitrogens is 1. The summed E-state index contributed by atoms with van der Waals surface area (Å²) in [5.41, 5.74) is -2.13. The van der Waals surface area contributed by atoms with Crippen molar-refractivity contribution in [1.82, 2.24) is 9.55 Å². The SMILES string of the molecule is BC(B)(OP(=O)(O)OP(=O)(O)OP(=O)(O)O)[C@](F)(CO)O[C@H](CF)n1ccc(=O)[nH]c1=O. The van der Waals surface area contributed by atoms with E-state index in [2.05, 4.69) is 13.1 Å². The third kappa shape index (κ3) is 8.09. The average molecular weight is 530 g/mol. The van der Waals surface area contributed by atoms with Gasteiger partial charge < -0.3 is 29.4 Å². The number of nitrogens with zero attached hydrogens (tertiary/aromatic N) is 1. The Bertz CT molecular complexity index is 1080. The van der Waals surface area contributed by atoms with Crippen molar-refractivity contribution in [2.75, 3.05) is 13.3 Å². The van der Waals surface area contributed by atoms with E-state index in [4.69, 9.17) is 19.4 Å². The third-order valence-electron chi connectivity index (χ3n) is 3.48. The molecular weight excluding hydrogens is 513 g/mol. The van der Waals surface area contributed by atoms with E-state index in [1.54, 1.807) is 4.98 Å². The van der Waals surface area contributed by atoms with Gasteiger partial charge >= 0.3 is 29.2 Å². The van der Waals surface area contributed by atoms with Gasteiger partial charge in [0.05, 0.1) is 5.40 Å². The number of alkyl halides is 2. The minimum Gasteiger partial charge on any atom is -0.390 e. The first-order valence-electron chi connectivity index (χ1n) is 7.96. The normalized spacial score (nSPS) is 19.5. The van der Waals surface area contributed by atoms with Crippen LogP contribution in [-0.4, -0.2) is 74.5 Å². The molecule has 0 saturated heterocycles. The molecule has 6 N–H and O–H groups in total. The first-order chi connectivity index (χ1) is 14.3. The van der Waals surface area contributed by atoms with E-state index in [1.807, 2.05) is 0 Å². The highest BCUT2D eigenvalue weighted by Gasteiger charge is 2.54. The van der Waals surface area contributed by atoms with Gasteiger partial charge in [0.2, 0.25) is 5.85 Å². The molecule has 0 aromatic carbocycles. The van der Waals surface area contributed by atoms with Crippen LogP contribution in [0.4, 0.5) is 8.78 Å². The number of phosphoric acid groups is 3. The largest absolute Gasteiger partial charge is 0.490 e. The number of aromatic amines is 1. The van der Waals surface area contributed by atoms with E-state index in [1.165, 1.54) is 0 Å². The van der Waals surface area contributed by atoms with E-state index in [9.17, 15) is 37.7 Å². The van der Waals surface area contributed by atoms with Crippen LogP contribution < -0.4 is 11.2 Å². The first kappa shape index (κ1) is 29.0. The van der Waals surface area contributed by atoms with Crippen molar-refractivity contribution in [2.45, 2.75) is 17.5 Å². The zero-order valence-electron chi connectivity index (χ0n) is 16.1. The number of aliphatic hydroxyl groups is 1. The molecule has 0 aliphatic rings. The highest BCUT2D eigenvalue weighted by Crippen LogP contribution is 2.67. The van der Waals surface area contributed by atoms with Gasteiger partial charge in [0, 0.05) is 12.3 Å². The molecule has 0 amide bonds. The molecule has 0 aliphatic carbocycles. The maximum absolute atomic E-state index is 15.3. The van der Waals surface area contributed by atoms with Crippen molar-refractivity contribution in [3.05, 3.63) is 33.1 Å². The molecule has 0 spiro atoms. The van der Waals surface area contributed by atoms with Crippen LogP contribution in [0.2, 0.25) is 0 Å². The molecule has 1 aromatic rings. The van der Waals surface area contributed by atoms with Crippen LogP contribution in [0.3, 0.4) is 0 Å². The van der Waals surface area contributed by atoms with Crippen LogP contribution >= 0.6 is 23.5 Å². The van der Waals surface area contributed by atoms with Gasteiger partial charge in [-0.05, 0) is 0 Å². The second-order valence-electron chi connectivity index (χ2n) is 6.32. The standard InChI is InChI=1S/C9H17B2F2N2O14P3/c10-9(11,27-31(22,23)29-32(24,25)28-30(19,20)21)8(13,4-16)26-6(3-12)15-2-1-5(17)14-7(15)18/h1-2,6,16H,3-4,10-11H2,(H,22,23)(H,24,25)(H,14,17,18)(H2,19,20,21)/t6-,8+/m1/s1. The molecular formula is C9H17B2F2N2O14P3. The van der Waals surface area contributed by atoms with Crippen molar-refractivity contribution in [3.8, 4) is 0 Å². The molecule has 1 heterocycles. The second-order valence-corrected chi connectivity index (χ2v) is 10.7. The first-order valence-corrected chi connectivity index (χ1v) is 12.5. The summed E-state index contributed by atoms with van der Waals surface area (Å²) in [6.45, 7) is -3.33. The molecule has 2 unspecified atom stereocenters. The second kappa shape index (κ2) is 10.1. The summed E-state index contributed by atoms with van der Waals surface area (Å²) < 4.78 is 79.2. The van der Waals surface area contributed by atoms with Crippen molar-refractivity contribution >= 4 is 39.2 Å². The summed E-state index contributed by atoms with van der Waals surface area (Å²) in [4.78, 5) is 60.3. The summed E-state index contributed by atoms with van der Waals surface area (Å²) >= 11 is 0. The van der Waals surface area contributed by atoms with Gasteiger partial charge in [-0.2, -0.15) is 8.62 Å². The summed E-state index contributed by atoms with van der Waals surface area (Å²) in [5.74, 6) is -3.62. The van der Waals surface area contributed by atoms with Crippen LogP contribution in [-0.2, 0) is 31.6 Å². The lowest BCUT2D eigenvalue weighted by atomic mass is 9.61. The fraction of sp³-hybridized carbons (Fsp3) is 0.556. The molecule has 0 radical (unpaired) electrons. The van der Waals surface area contributed by atoms with Crippen LogP contribution in [0.25, 0.3) is 0 Å². The number of hydrogen-bond donors (Lipinski definition) is 6. The molecule has 0 bridgehead atoms. The van der Waals surface area contributed by atoms with Gasteiger partial charge in [0.1, 0.15) is 29.0 Å². The molecule has 23 heteroatoms. The third-order valence-corrected chi connectivity index (χ3v) is 7.49. The summed E-state index contributed by atoms with van der Waals surface area (Å²) in [7, 11) is -16.3. The van der Waals surface area contributed by atoms with E-state index >= 15 is 4.39 Å². The Labute approximate surface area is 178 Å². The summed E-state index contributed by atoms with van der Waals surface area (Å²) in [5, 5.41) is 6.59. The van der Waals surface area contributed by atoms with E-state index in [-0.39, 0.29) is 0 Å². The molecule has 32 heavy (non-hydrogen) atoms. The average Bonchev–Trinajstić information content (AvgIpc) is 2.55. The number of aliphatic hydroxyl groups excluding tert-OH is 1. The molecule has 1 aromatic heterocycles. The Morgan fingerprint density at radius 2 is 1.69 bits per heavy atom. The molecule has 1 rings (SSSR count). The minimum absolute atomic E-state index is 0.367. The van der Waals surface area contributed by atoms with Crippen LogP contribution in [0.15, 0.2) is 21.9 Å². The number of nitrogens with one attached hydrogen (secondary N) is 1.